The number of carbonyl (C=O) groups is 2. The van der Waals surface area contributed by atoms with E-state index < -0.39 is 5.91 Å². The summed E-state index contributed by atoms with van der Waals surface area (Å²) in [6, 6.07) is 6.52. The lowest BCUT2D eigenvalue weighted by Crippen LogP contribution is -2.38. The van der Waals surface area contributed by atoms with Crippen LogP contribution in [0.25, 0.3) is 0 Å². The smallest absolute Gasteiger partial charge is 0.328 e. The molecule has 1 aromatic carbocycles. The Morgan fingerprint density at radius 1 is 1.36 bits per heavy atom. The van der Waals surface area contributed by atoms with Crippen molar-refractivity contribution in [3.63, 3.8) is 0 Å². The third kappa shape index (κ3) is 4.49. The van der Waals surface area contributed by atoms with E-state index in [-0.39, 0.29) is 6.03 Å². The van der Waals surface area contributed by atoms with Gasteiger partial charge in [0.05, 0.1) is 6.20 Å². The lowest BCUT2D eigenvalue weighted by Gasteiger charge is -2.26. The molecule has 3 rings (SSSR count). The lowest BCUT2D eigenvalue weighted by molar-refractivity contribution is 0.1000. The Morgan fingerprint density at radius 2 is 2.12 bits per heavy atom. The fourth-order valence-corrected chi connectivity index (χ4v) is 3.86. The van der Waals surface area contributed by atoms with Crippen LogP contribution in [0.5, 0.6) is 0 Å². The number of hydrogen-bond acceptors (Lipinski definition) is 4. The zero-order chi connectivity index (χ0) is 17.8. The minimum atomic E-state index is -0.519. The van der Waals surface area contributed by atoms with E-state index in [1.807, 2.05) is 0 Å². The molecule has 2 aromatic rings. The van der Waals surface area contributed by atoms with Gasteiger partial charge in [-0.15, -0.1) is 0 Å². The first-order valence-electron chi connectivity index (χ1n) is 8.12. The Morgan fingerprint density at radius 3 is 2.76 bits per heavy atom. The maximum Gasteiger partial charge on any atom is 0.328 e. The molecule has 0 spiro atoms. The first-order chi connectivity index (χ1) is 12.0. The molecule has 1 aliphatic rings. The second-order valence-electron chi connectivity index (χ2n) is 6.08. The van der Waals surface area contributed by atoms with Gasteiger partial charge in [0.1, 0.15) is 4.34 Å². The quantitative estimate of drug-likeness (QED) is 0.819. The van der Waals surface area contributed by atoms with E-state index >= 15 is 0 Å². The Balaban J connectivity index is 1.84. The SMILES string of the molecule is NC(=O)c1cccc(N(CC2CCCC2)C(=O)Nc2ncc(Cl)s2)c1. The zero-order valence-electron chi connectivity index (χ0n) is 13.6. The fourth-order valence-electron chi connectivity index (χ4n) is 3.05. The Bertz CT molecular complexity index is 774. The van der Waals surface area contributed by atoms with Gasteiger partial charge in [-0.3, -0.25) is 15.0 Å². The molecule has 1 aromatic heterocycles. The summed E-state index contributed by atoms with van der Waals surface area (Å²) < 4.78 is 0.508. The number of halogens is 1. The van der Waals surface area contributed by atoms with Gasteiger partial charge in [-0.1, -0.05) is 41.8 Å². The first kappa shape index (κ1) is 17.7. The average molecular weight is 379 g/mol. The van der Waals surface area contributed by atoms with Gasteiger partial charge in [0, 0.05) is 17.8 Å². The van der Waals surface area contributed by atoms with Crippen molar-refractivity contribution in [1.29, 1.82) is 0 Å². The Hall–Kier alpha value is -2.12. The van der Waals surface area contributed by atoms with Gasteiger partial charge in [-0.2, -0.15) is 0 Å². The van der Waals surface area contributed by atoms with Gasteiger partial charge >= 0.3 is 6.03 Å². The number of hydrogen-bond donors (Lipinski definition) is 2. The van der Waals surface area contributed by atoms with Crippen LogP contribution < -0.4 is 16.0 Å². The van der Waals surface area contributed by atoms with Crippen molar-refractivity contribution >= 4 is 45.7 Å². The topological polar surface area (TPSA) is 88.3 Å². The normalized spacial score (nSPS) is 14.4. The van der Waals surface area contributed by atoms with Crippen molar-refractivity contribution in [2.24, 2.45) is 11.7 Å². The number of rotatable bonds is 5. The molecule has 132 valence electrons. The van der Waals surface area contributed by atoms with E-state index in [0.29, 0.717) is 33.2 Å². The van der Waals surface area contributed by atoms with Crippen LogP contribution in [0, 0.1) is 5.92 Å². The predicted octanol–water partition coefficient (Wildman–Crippen LogP) is 4.12. The van der Waals surface area contributed by atoms with Crippen LogP contribution in [0.4, 0.5) is 15.6 Å². The van der Waals surface area contributed by atoms with Crippen LogP contribution in [-0.4, -0.2) is 23.5 Å². The summed E-state index contributed by atoms with van der Waals surface area (Å²) in [5.41, 5.74) is 6.38. The molecule has 1 heterocycles. The van der Waals surface area contributed by atoms with E-state index in [1.54, 1.807) is 29.2 Å². The highest BCUT2D eigenvalue weighted by molar-refractivity contribution is 7.19. The number of anilines is 2. The summed E-state index contributed by atoms with van der Waals surface area (Å²) in [7, 11) is 0. The molecule has 0 aliphatic heterocycles. The largest absolute Gasteiger partial charge is 0.366 e. The van der Waals surface area contributed by atoms with Crippen molar-refractivity contribution in [3.05, 3.63) is 40.4 Å². The van der Waals surface area contributed by atoms with Crippen LogP contribution in [0.1, 0.15) is 36.0 Å². The van der Waals surface area contributed by atoms with Crippen molar-refractivity contribution < 1.29 is 9.59 Å². The molecular formula is C17H19ClN4O2S. The predicted molar refractivity (Wildman–Crippen MR) is 100 cm³/mol. The molecule has 0 unspecified atom stereocenters. The van der Waals surface area contributed by atoms with E-state index in [1.165, 1.54) is 30.4 Å². The summed E-state index contributed by atoms with van der Waals surface area (Å²) in [4.78, 5) is 30.0. The number of nitrogens with two attached hydrogens (primary N) is 1. The minimum Gasteiger partial charge on any atom is -0.366 e. The molecule has 3 amide bonds. The first-order valence-corrected chi connectivity index (χ1v) is 9.32. The molecule has 0 bridgehead atoms. The van der Waals surface area contributed by atoms with Crippen LogP contribution in [0.3, 0.4) is 0 Å². The number of carbonyl (C=O) groups excluding carboxylic acids is 2. The van der Waals surface area contributed by atoms with Gasteiger partial charge < -0.3 is 5.73 Å². The van der Waals surface area contributed by atoms with Crippen molar-refractivity contribution in [3.8, 4) is 0 Å². The molecule has 25 heavy (non-hydrogen) atoms. The number of urea groups is 1. The van der Waals surface area contributed by atoms with E-state index in [4.69, 9.17) is 17.3 Å². The summed E-state index contributed by atoms with van der Waals surface area (Å²) in [6.45, 7) is 0.590. The third-order valence-electron chi connectivity index (χ3n) is 4.29. The highest BCUT2D eigenvalue weighted by Crippen LogP contribution is 2.29. The average Bonchev–Trinajstić information content (AvgIpc) is 3.24. The number of nitrogens with zero attached hydrogens (tertiary/aromatic N) is 2. The van der Waals surface area contributed by atoms with Crippen molar-refractivity contribution in [1.82, 2.24) is 4.98 Å². The maximum absolute atomic E-state index is 12.8. The van der Waals surface area contributed by atoms with Gasteiger partial charge in [-0.25, -0.2) is 9.78 Å². The maximum atomic E-state index is 12.8. The van der Waals surface area contributed by atoms with Crippen LogP contribution in [-0.2, 0) is 0 Å². The molecule has 1 saturated carbocycles. The second-order valence-corrected chi connectivity index (χ2v) is 7.74. The summed E-state index contributed by atoms with van der Waals surface area (Å²) in [5, 5.41) is 3.22. The third-order valence-corrected chi connectivity index (χ3v) is 5.32. The standard InChI is InChI=1S/C17H19ClN4O2S/c18-14-9-20-16(25-14)21-17(24)22(10-11-4-1-2-5-11)13-7-3-6-12(8-13)15(19)23/h3,6-9,11H,1-2,4-5,10H2,(H2,19,23)(H,20,21,24). The van der Waals surface area contributed by atoms with E-state index in [2.05, 4.69) is 10.3 Å². The van der Waals surface area contributed by atoms with Crippen LogP contribution >= 0.6 is 22.9 Å². The number of thiazole rings is 1. The van der Waals surface area contributed by atoms with Crippen molar-refractivity contribution in [2.45, 2.75) is 25.7 Å². The Labute approximate surface area is 155 Å². The number of amides is 3. The second kappa shape index (κ2) is 7.84. The Kier molecular flexibility index (Phi) is 5.55. The highest BCUT2D eigenvalue weighted by atomic mass is 35.5. The van der Waals surface area contributed by atoms with Crippen LogP contribution in [0.15, 0.2) is 30.5 Å². The van der Waals surface area contributed by atoms with Gasteiger partial charge in [0.25, 0.3) is 0 Å². The number of nitrogens with one attached hydrogen (secondary N) is 1. The summed E-state index contributed by atoms with van der Waals surface area (Å²) >= 11 is 7.07. The molecule has 3 N–H and O–H groups in total. The molecule has 0 atom stereocenters. The molecule has 1 fully saturated rings. The minimum absolute atomic E-state index is 0.292. The lowest BCUT2D eigenvalue weighted by atomic mass is 10.1. The van der Waals surface area contributed by atoms with Crippen LogP contribution in [0.2, 0.25) is 4.34 Å². The molecule has 1 aliphatic carbocycles. The summed E-state index contributed by atoms with van der Waals surface area (Å²) in [5.74, 6) is -0.0716. The van der Waals surface area contributed by atoms with Gasteiger partial charge in [0.2, 0.25) is 5.91 Å². The van der Waals surface area contributed by atoms with Gasteiger partial charge in [-0.05, 0) is 37.0 Å². The fraction of sp³-hybridized carbons (Fsp3) is 0.353. The van der Waals surface area contributed by atoms with Crippen molar-refractivity contribution in [2.75, 3.05) is 16.8 Å². The monoisotopic (exact) mass is 378 g/mol. The number of aromatic nitrogens is 1. The molecule has 6 nitrogen and oxygen atoms in total. The zero-order valence-corrected chi connectivity index (χ0v) is 15.1. The summed E-state index contributed by atoms with van der Waals surface area (Å²) in [6.07, 6.45) is 6.06. The number of primary amides is 1. The van der Waals surface area contributed by atoms with E-state index in [0.717, 1.165) is 12.8 Å². The molecule has 0 radical (unpaired) electrons. The molecule has 0 saturated heterocycles. The number of benzene rings is 1. The highest BCUT2D eigenvalue weighted by Gasteiger charge is 2.24. The molecular weight excluding hydrogens is 360 g/mol. The molecule has 8 heteroatoms. The van der Waals surface area contributed by atoms with Gasteiger partial charge in [0.15, 0.2) is 5.13 Å². The van der Waals surface area contributed by atoms with E-state index in [9.17, 15) is 9.59 Å².